The van der Waals surface area contributed by atoms with Gasteiger partial charge in [-0.15, -0.1) is 11.3 Å². The highest BCUT2D eigenvalue weighted by molar-refractivity contribution is 7.11. The molecule has 0 saturated heterocycles. The van der Waals surface area contributed by atoms with Gasteiger partial charge in [-0.25, -0.2) is 9.97 Å². The lowest BCUT2D eigenvalue weighted by Crippen LogP contribution is -2.32. The van der Waals surface area contributed by atoms with Crippen LogP contribution in [0.5, 0.6) is 0 Å². The summed E-state index contributed by atoms with van der Waals surface area (Å²) in [4.78, 5) is 9.79. The van der Waals surface area contributed by atoms with Gasteiger partial charge in [-0.3, -0.25) is 4.68 Å². The van der Waals surface area contributed by atoms with Crippen LogP contribution in [0, 0.1) is 13.8 Å². The normalized spacial score (nSPS) is 12.8. The summed E-state index contributed by atoms with van der Waals surface area (Å²) in [6, 6.07) is 0.383. The molecule has 1 N–H and O–H groups in total. The van der Waals surface area contributed by atoms with Crippen LogP contribution in [-0.4, -0.2) is 32.3 Å². The van der Waals surface area contributed by atoms with Crippen LogP contribution in [0.3, 0.4) is 0 Å². The highest BCUT2D eigenvalue weighted by Gasteiger charge is 2.05. The van der Waals surface area contributed by atoms with Crippen molar-refractivity contribution in [3.8, 4) is 0 Å². The van der Waals surface area contributed by atoms with Gasteiger partial charge in [0.2, 0.25) is 0 Å². The van der Waals surface area contributed by atoms with Crippen molar-refractivity contribution in [1.29, 1.82) is 0 Å². The number of aryl methyl sites for hydroxylation is 2. The van der Waals surface area contributed by atoms with E-state index in [0.29, 0.717) is 6.04 Å². The number of thiazole rings is 1. The second-order valence-electron chi connectivity index (χ2n) is 4.47. The number of nitrogens with zero attached hydrogens (tertiary/aromatic N) is 4. The van der Waals surface area contributed by atoms with Crippen LogP contribution in [0.4, 0.5) is 0 Å². The smallest absolute Gasteiger partial charge is 0.137 e. The van der Waals surface area contributed by atoms with E-state index in [-0.39, 0.29) is 0 Å². The topological polar surface area (TPSA) is 55.6 Å². The van der Waals surface area contributed by atoms with Crippen LogP contribution in [0.15, 0.2) is 12.7 Å². The van der Waals surface area contributed by atoms with Crippen molar-refractivity contribution < 1.29 is 0 Å². The van der Waals surface area contributed by atoms with Crippen LogP contribution in [-0.2, 0) is 13.0 Å². The van der Waals surface area contributed by atoms with Crippen LogP contribution in [0.25, 0.3) is 0 Å². The maximum absolute atomic E-state index is 4.53. The van der Waals surface area contributed by atoms with Crippen LogP contribution >= 0.6 is 11.3 Å². The SMILES string of the molecule is Cc1nc(CCNC(C)Cn2cncn2)sc1C. The number of hydrogen-bond donors (Lipinski definition) is 1. The summed E-state index contributed by atoms with van der Waals surface area (Å²) in [5.74, 6) is 0. The second-order valence-corrected chi connectivity index (χ2v) is 5.76. The van der Waals surface area contributed by atoms with Crippen molar-refractivity contribution in [3.05, 3.63) is 28.2 Å². The average Bonchev–Trinajstić information content (AvgIpc) is 2.90. The Morgan fingerprint density at radius 3 is 2.89 bits per heavy atom. The Labute approximate surface area is 111 Å². The highest BCUT2D eigenvalue weighted by atomic mass is 32.1. The Hall–Kier alpha value is -1.27. The fourth-order valence-corrected chi connectivity index (χ4v) is 2.68. The molecule has 0 spiro atoms. The van der Waals surface area contributed by atoms with Gasteiger partial charge < -0.3 is 5.32 Å². The lowest BCUT2D eigenvalue weighted by atomic mass is 10.3. The maximum Gasteiger partial charge on any atom is 0.137 e. The molecule has 2 aromatic rings. The van der Waals surface area contributed by atoms with Crippen molar-refractivity contribution in [2.24, 2.45) is 0 Å². The molecule has 18 heavy (non-hydrogen) atoms. The molecule has 0 amide bonds. The number of hydrogen-bond acceptors (Lipinski definition) is 5. The molecule has 1 unspecified atom stereocenters. The van der Waals surface area contributed by atoms with Crippen LogP contribution in [0.1, 0.15) is 22.5 Å². The Morgan fingerprint density at radius 1 is 1.44 bits per heavy atom. The van der Waals surface area contributed by atoms with Crippen molar-refractivity contribution in [2.45, 2.75) is 39.8 Å². The molecule has 0 fully saturated rings. The molecule has 0 bridgehead atoms. The van der Waals surface area contributed by atoms with Gasteiger partial charge in [0, 0.05) is 23.9 Å². The molecular weight excluding hydrogens is 246 g/mol. The number of aromatic nitrogens is 4. The van der Waals surface area contributed by atoms with E-state index in [1.165, 1.54) is 9.88 Å². The lowest BCUT2D eigenvalue weighted by Gasteiger charge is -2.12. The third kappa shape index (κ3) is 3.61. The first kappa shape index (κ1) is 13.2. The van der Waals surface area contributed by atoms with Crippen LogP contribution < -0.4 is 5.32 Å². The summed E-state index contributed by atoms with van der Waals surface area (Å²) in [6.07, 6.45) is 4.29. The molecule has 98 valence electrons. The van der Waals surface area contributed by atoms with Crippen molar-refractivity contribution >= 4 is 11.3 Å². The van der Waals surface area contributed by atoms with E-state index in [4.69, 9.17) is 0 Å². The summed E-state index contributed by atoms with van der Waals surface area (Å²) in [7, 11) is 0. The van der Waals surface area contributed by atoms with Gasteiger partial charge in [-0.1, -0.05) is 0 Å². The van der Waals surface area contributed by atoms with E-state index in [1.54, 1.807) is 24.0 Å². The first-order chi connectivity index (χ1) is 8.65. The van der Waals surface area contributed by atoms with Gasteiger partial charge in [-0.05, 0) is 20.8 Å². The zero-order valence-corrected chi connectivity index (χ0v) is 11.9. The van der Waals surface area contributed by atoms with Gasteiger partial charge in [-0.2, -0.15) is 5.10 Å². The average molecular weight is 265 g/mol. The molecule has 0 aliphatic rings. The second kappa shape index (κ2) is 6.06. The molecule has 0 aromatic carbocycles. The molecule has 2 aromatic heterocycles. The van der Waals surface area contributed by atoms with E-state index in [1.807, 2.05) is 4.68 Å². The minimum absolute atomic E-state index is 0.383. The van der Waals surface area contributed by atoms with Crippen LogP contribution in [0.2, 0.25) is 0 Å². The number of nitrogens with one attached hydrogen (secondary N) is 1. The van der Waals surface area contributed by atoms with Crippen molar-refractivity contribution in [2.75, 3.05) is 6.54 Å². The molecule has 0 saturated carbocycles. The Kier molecular flexibility index (Phi) is 4.43. The fraction of sp³-hybridized carbons (Fsp3) is 0.583. The molecule has 5 nitrogen and oxygen atoms in total. The maximum atomic E-state index is 4.53. The quantitative estimate of drug-likeness (QED) is 0.861. The van der Waals surface area contributed by atoms with Gasteiger partial charge in [0.25, 0.3) is 0 Å². The molecule has 6 heteroatoms. The molecular formula is C12H19N5S. The Balaban J connectivity index is 1.71. The Morgan fingerprint density at radius 2 is 2.28 bits per heavy atom. The molecule has 0 aliphatic heterocycles. The monoisotopic (exact) mass is 265 g/mol. The number of rotatable bonds is 6. The summed E-state index contributed by atoms with van der Waals surface area (Å²) in [5.41, 5.74) is 1.16. The van der Waals surface area contributed by atoms with Gasteiger partial charge in [0.15, 0.2) is 0 Å². The lowest BCUT2D eigenvalue weighted by molar-refractivity contribution is 0.453. The fourth-order valence-electron chi connectivity index (χ4n) is 1.74. The minimum atomic E-state index is 0.383. The summed E-state index contributed by atoms with van der Waals surface area (Å²) in [6.45, 7) is 8.13. The summed E-state index contributed by atoms with van der Waals surface area (Å²) in [5, 5.41) is 8.78. The highest BCUT2D eigenvalue weighted by Crippen LogP contribution is 2.16. The predicted molar refractivity (Wildman–Crippen MR) is 72.8 cm³/mol. The zero-order chi connectivity index (χ0) is 13.0. The third-order valence-electron chi connectivity index (χ3n) is 2.83. The zero-order valence-electron chi connectivity index (χ0n) is 11.1. The van der Waals surface area contributed by atoms with Gasteiger partial charge in [0.05, 0.1) is 17.2 Å². The molecule has 2 heterocycles. The van der Waals surface area contributed by atoms with E-state index in [9.17, 15) is 0 Å². The molecule has 1 atom stereocenters. The van der Waals surface area contributed by atoms with E-state index in [2.05, 4.69) is 41.2 Å². The first-order valence-electron chi connectivity index (χ1n) is 6.14. The summed E-state index contributed by atoms with van der Waals surface area (Å²) < 4.78 is 1.84. The Bertz CT molecular complexity index is 457. The standard InChI is InChI=1S/C12H19N5S/c1-9(6-17-8-13-7-15-17)14-5-4-12-16-10(2)11(3)18-12/h7-9,14H,4-6H2,1-3H3. The van der Waals surface area contributed by atoms with Crippen molar-refractivity contribution in [1.82, 2.24) is 25.1 Å². The largest absolute Gasteiger partial charge is 0.312 e. The molecule has 2 rings (SSSR count). The van der Waals surface area contributed by atoms with Gasteiger partial charge in [0.1, 0.15) is 12.7 Å². The first-order valence-corrected chi connectivity index (χ1v) is 6.95. The summed E-state index contributed by atoms with van der Waals surface area (Å²) >= 11 is 1.79. The van der Waals surface area contributed by atoms with Crippen molar-refractivity contribution in [3.63, 3.8) is 0 Å². The molecule has 0 radical (unpaired) electrons. The molecule has 0 aliphatic carbocycles. The third-order valence-corrected chi connectivity index (χ3v) is 3.96. The van der Waals surface area contributed by atoms with E-state index >= 15 is 0 Å². The minimum Gasteiger partial charge on any atom is -0.312 e. The predicted octanol–water partition coefficient (Wildman–Crippen LogP) is 1.57. The van der Waals surface area contributed by atoms with E-state index < -0.39 is 0 Å². The van der Waals surface area contributed by atoms with E-state index in [0.717, 1.165) is 25.2 Å². The van der Waals surface area contributed by atoms with Gasteiger partial charge >= 0.3 is 0 Å².